The molecule has 0 atom stereocenters. The van der Waals surface area contributed by atoms with Gasteiger partial charge in [0.25, 0.3) is 0 Å². The molecule has 2 saturated heterocycles. The first kappa shape index (κ1) is 15.8. The average molecular weight is 330 g/mol. The molecule has 2 aliphatic rings. The Hall–Kier alpha value is -1.66. The molecule has 0 unspecified atom stereocenters. The number of rotatable bonds is 6. The van der Waals surface area contributed by atoms with Gasteiger partial charge < -0.3 is 19.0 Å². The SMILES string of the molecule is c1cc2cnc(N3CCC(COCCN4CCCC4)CC3)nc2o1. The molecule has 0 radical (unpaired) electrons. The molecule has 0 bridgehead atoms. The van der Waals surface area contributed by atoms with E-state index < -0.39 is 0 Å². The van der Waals surface area contributed by atoms with Crippen molar-refractivity contribution < 1.29 is 9.15 Å². The number of fused-ring (bicyclic) bond motifs is 1. The summed E-state index contributed by atoms with van der Waals surface area (Å²) in [5.74, 6) is 1.44. The molecule has 130 valence electrons. The van der Waals surface area contributed by atoms with Crippen molar-refractivity contribution in [1.29, 1.82) is 0 Å². The van der Waals surface area contributed by atoms with E-state index in [-0.39, 0.29) is 0 Å². The van der Waals surface area contributed by atoms with E-state index in [0.717, 1.165) is 57.0 Å². The van der Waals surface area contributed by atoms with E-state index in [0.29, 0.717) is 11.6 Å². The number of furan rings is 1. The zero-order valence-corrected chi connectivity index (χ0v) is 14.2. The van der Waals surface area contributed by atoms with Crippen LogP contribution in [0.5, 0.6) is 0 Å². The topological polar surface area (TPSA) is 54.6 Å². The number of anilines is 1. The van der Waals surface area contributed by atoms with Gasteiger partial charge in [0.1, 0.15) is 0 Å². The van der Waals surface area contributed by atoms with Crippen molar-refractivity contribution in [3.05, 3.63) is 18.5 Å². The second-order valence-corrected chi connectivity index (χ2v) is 6.91. The largest absolute Gasteiger partial charge is 0.446 e. The van der Waals surface area contributed by atoms with Crippen LogP contribution in [0.3, 0.4) is 0 Å². The molecule has 24 heavy (non-hydrogen) atoms. The first-order valence-electron chi connectivity index (χ1n) is 9.14. The van der Waals surface area contributed by atoms with Crippen molar-refractivity contribution >= 4 is 17.0 Å². The van der Waals surface area contributed by atoms with Crippen LogP contribution in [0.25, 0.3) is 11.1 Å². The molecule has 0 aliphatic carbocycles. The number of piperidine rings is 1. The average Bonchev–Trinajstić information content (AvgIpc) is 3.30. The molecule has 4 heterocycles. The maximum atomic E-state index is 5.92. The Morgan fingerprint density at radius 1 is 1.17 bits per heavy atom. The third-order valence-electron chi connectivity index (χ3n) is 5.20. The molecule has 2 aromatic rings. The van der Waals surface area contributed by atoms with Crippen LogP contribution in [0.4, 0.5) is 5.95 Å². The third kappa shape index (κ3) is 3.70. The van der Waals surface area contributed by atoms with Gasteiger partial charge in [0.15, 0.2) is 0 Å². The van der Waals surface area contributed by atoms with Crippen LogP contribution in [0, 0.1) is 5.92 Å². The van der Waals surface area contributed by atoms with Gasteiger partial charge in [0, 0.05) is 32.4 Å². The van der Waals surface area contributed by atoms with E-state index in [1.807, 2.05) is 12.3 Å². The van der Waals surface area contributed by atoms with Gasteiger partial charge >= 0.3 is 0 Å². The van der Waals surface area contributed by atoms with Crippen molar-refractivity contribution in [3.63, 3.8) is 0 Å². The molecule has 0 N–H and O–H groups in total. The van der Waals surface area contributed by atoms with E-state index in [1.54, 1.807) is 6.26 Å². The Kier molecular flexibility index (Phi) is 4.94. The number of hydrogen-bond acceptors (Lipinski definition) is 6. The van der Waals surface area contributed by atoms with Gasteiger partial charge in [-0.15, -0.1) is 0 Å². The number of aromatic nitrogens is 2. The third-order valence-corrected chi connectivity index (χ3v) is 5.20. The van der Waals surface area contributed by atoms with Crippen LogP contribution < -0.4 is 4.90 Å². The van der Waals surface area contributed by atoms with Crippen molar-refractivity contribution in [2.75, 3.05) is 50.8 Å². The molecule has 2 fully saturated rings. The lowest BCUT2D eigenvalue weighted by atomic mass is 9.98. The first-order valence-corrected chi connectivity index (χ1v) is 9.14. The minimum absolute atomic E-state index is 0.659. The second kappa shape index (κ2) is 7.49. The maximum Gasteiger partial charge on any atom is 0.230 e. The molecule has 2 aliphatic heterocycles. The minimum Gasteiger partial charge on any atom is -0.446 e. The minimum atomic E-state index is 0.659. The standard InChI is InChI=1S/C18H26N4O2/c1-2-7-21(6-1)10-12-23-14-15-3-8-22(9-4-15)18-19-13-16-5-11-24-17(16)20-18/h5,11,13,15H,1-4,6-10,12,14H2. The van der Waals surface area contributed by atoms with Gasteiger partial charge in [-0.3, -0.25) is 0 Å². The van der Waals surface area contributed by atoms with Crippen molar-refractivity contribution in [2.24, 2.45) is 5.92 Å². The highest BCUT2D eigenvalue weighted by Gasteiger charge is 2.21. The Bertz CT molecular complexity index is 645. The van der Waals surface area contributed by atoms with Crippen LogP contribution in [-0.4, -0.2) is 60.8 Å². The van der Waals surface area contributed by atoms with Crippen LogP contribution in [0.15, 0.2) is 22.9 Å². The van der Waals surface area contributed by atoms with E-state index in [4.69, 9.17) is 9.15 Å². The number of nitrogens with zero attached hydrogens (tertiary/aromatic N) is 4. The van der Waals surface area contributed by atoms with Crippen LogP contribution in [0.1, 0.15) is 25.7 Å². The van der Waals surface area contributed by atoms with Gasteiger partial charge in [-0.05, 0) is 50.8 Å². The highest BCUT2D eigenvalue weighted by Crippen LogP contribution is 2.22. The highest BCUT2D eigenvalue weighted by atomic mass is 16.5. The molecule has 2 aromatic heterocycles. The number of hydrogen-bond donors (Lipinski definition) is 0. The molecule has 0 aromatic carbocycles. The zero-order valence-electron chi connectivity index (χ0n) is 14.2. The lowest BCUT2D eigenvalue weighted by Gasteiger charge is -2.31. The fourth-order valence-corrected chi connectivity index (χ4v) is 3.65. The zero-order chi connectivity index (χ0) is 16.2. The van der Waals surface area contributed by atoms with Gasteiger partial charge in [-0.25, -0.2) is 4.98 Å². The quantitative estimate of drug-likeness (QED) is 0.759. The van der Waals surface area contributed by atoms with E-state index in [1.165, 1.54) is 25.9 Å². The summed E-state index contributed by atoms with van der Waals surface area (Å²) in [5, 5.41) is 0.958. The van der Waals surface area contributed by atoms with Crippen LogP contribution in [-0.2, 0) is 4.74 Å². The summed E-state index contributed by atoms with van der Waals surface area (Å²) >= 11 is 0. The highest BCUT2D eigenvalue weighted by molar-refractivity contribution is 5.72. The summed E-state index contributed by atoms with van der Waals surface area (Å²) in [7, 11) is 0. The van der Waals surface area contributed by atoms with Crippen molar-refractivity contribution in [3.8, 4) is 0 Å². The van der Waals surface area contributed by atoms with Crippen molar-refractivity contribution in [1.82, 2.24) is 14.9 Å². The predicted molar refractivity (Wildman–Crippen MR) is 93.2 cm³/mol. The summed E-state index contributed by atoms with van der Waals surface area (Å²) in [4.78, 5) is 13.7. The number of ether oxygens (including phenoxy) is 1. The van der Waals surface area contributed by atoms with Gasteiger partial charge in [-0.1, -0.05) is 0 Å². The van der Waals surface area contributed by atoms with Crippen molar-refractivity contribution in [2.45, 2.75) is 25.7 Å². The Balaban J connectivity index is 1.20. The molecular formula is C18H26N4O2. The monoisotopic (exact) mass is 330 g/mol. The fraction of sp³-hybridized carbons (Fsp3) is 0.667. The lowest BCUT2D eigenvalue weighted by Crippen LogP contribution is -2.36. The second-order valence-electron chi connectivity index (χ2n) is 6.91. The summed E-state index contributed by atoms with van der Waals surface area (Å²) < 4.78 is 11.3. The lowest BCUT2D eigenvalue weighted by molar-refractivity contribution is 0.0752. The number of likely N-dealkylation sites (tertiary alicyclic amines) is 1. The molecule has 0 amide bonds. The molecule has 0 spiro atoms. The maximum absolute atomic E-state index is 5.92. The van der Waals surface area contributed by atoms with E-state index in [9.17, 15) is 0 Å². The Labute approximate surface area is 142 Å². The van der Waals surface area contributed by atoms with Crippen LogP contribution in [0.2, 0.25) is 0 Å². The Morgan fingerprint density at radius 3 is 2.83 bits per heavy atom. The summed E-state index contributed by atoms with van der Waals surface area (Å²) in [5.41, 5.74) is 0.673. The molecule has 6 heteroatoms. The molecule has 0 saturated carbocycles. The first-order chi connectivity index (χ1) is 11.9. The summed E-state index contributed by atoms with van der Waals surface area (Å²) in [6, 6.07) is 1.89. The van der Waals surface area contributed by atoms with Gasteiger partial charge in [0.05, 0.1) is 18.3 Å². The summed E-state index contributed by atoms with van der Waals surface area (Å²) in [6.07, 6.45) is 8.49. The van der Waals surface area contributed by atoms with E-state index in [2.05, 4.69) is 19.8 Å². The smallest absolute Gasteiger partial charge is 0.230 e. The molecule has 4 rings (SSSR count). The molecule has 6 nitrogen and oxygen atoms in total. The summed E-state index contributed by atoms with van der Waals surface area (Å²) in [6.45, 7) is 7.34. The predicted octanol–water partition coefficient (Wildman–Crippen LogP) is 2.55. The normalized spacial score (nSPS) is 20.2. The van der Waals surface area contributed by atoms with E-state index >= 15 is 0 Å². The Morgan fingerprint density at radius 2 is 2.00 bits per heavy atom. The van der Waals surface area contributed by atoms with Gasteiger partial charge in [-0.2, -0.15) is 4.98 Å². The molecular weight excluding hydrogens is 304 g/mol. The fourth-order valence-electron chi connectivity index (χ4n) is 3.65. The van der Waals surface area contributed by atoms with Gasteiger partial charge in [0.2, 0.25) is 11.7 Å². The van der Waals surface area contributed by atoms with Crippen LogP contribution >= 0.6 is 0 Å².